The lowest BCUT2D eigenvalue weighted by molar-refractivity contribution is 0.157. The molecule has 2 aliphatic rings. The van der Waals surface area contributed by atoms with Crippen molar-refractivity contribution in [2.75, 3.05) is 37.7 Å². The van der Waals surface area contributed by atoms with Crippen molar-refractivity contribution in [3.05, 3.63) is 50.0 Å². The third-order valence-corrected chi connectivity index (χ3v) is 6.66. The molecule has 8 heteroatoms. The Hall–Kier alpha value is -1.60. The summed E-state index contributed by atoms with van der Waals surface area (Å²) >= 11 is 12.5. The maximum Gasteiger partial charge on any atom is 0.263 e. The van der Waals surface area contributed by atoms with Crippen LogP contribution in [0.2, 0.25) is 10.0 Å². The Morgan fingerprint density at radius 2 is 2.15 bits per heavy atom. The Morgan fingerprint density at radius 3 is 2.85 bits per heavy atom. The van der Waals surface area contributed by atoms with E-state index in [2.05, 4.69) is 4.90 Å². The van der Waals surface area contributed by atoms with Gasteiger partial charge in [0, 0.05) is 31.0 Å². The molecule has 0 amide bonds. The first-order chi connectivity index (χ1) is 12.9. The number of halogens is 2. The largest absolute Gasteiger partial charge is 0.380 e. The number of benzene rings is 1. The van der Waals surface area contributed by atoms with E-state index in [1.807, 2.05) is 0 Å². The standard InChI is InChI=1S/C19H22Cl2N4O2/c1-11-17(24-6-13-7-27-10-19(13,8-22)9-24)23-12(2)25(18(11)26)15-5-3-4-14(20)16(15)21/h3-5,13H,6-10,22H2,1-2H3/t13-,19+/m0/s1. The number of hydrogen-bond donors (Lipinski definition) is 1. The van der Waals surface area contributed by atoms with E-state index < -0.39 is 0 Å². The Balaban J connectivity index is 1.78. The zero-order chi connectivity index (χ0) is 19.3. The van der Waals surface area contributed by atoms with E-state index in [0.717, 1.165) is 13.1 Å². The number of anilines is 1. The van der Waals surface area contributed by atoms with Crippen molar-refractivity contribution in [1.29, 1.82) is 0 Å². The summed E-state index contributed by atoms with van der Waals surface area (Å²) < 4.78 is 7.17. The fourth-order valence-electron chi connectivity index (χ4n) is 4.24. The maximum atomic E-state index is 13.2. The lowest BCUT2D eigenvalue weighted by atomic mass is 9.81. The van der Waals surface area contributed by atoms with E-state index in [0.29, 0.717) is 58.6 Å². The molecule has 6 nitrogen and oxygen atoms in total. The highest BCUT2D eigenvalue weighted by Crippen LogP contribution is 2.42. The highest BCUT2D eigenvalue weighted by Gasteiger charge is 2.50. The second kappa shape index (κ2) is 6.78. The zero-order valence-electron chi connectivity index (χ0n) is 15.3. The number of ether oxygens (including phenoxy) is 1. The molecule has 2 aromatic rings. The highest BCUT2D eigenvalue weighted by atomic mass is 35.5. The molecular weight excluding hydrogens is 387 g/mol. The Labute approximate surface area is 167 Å². The van der Waals surface area contributed by atoms with Gasteiger partial charge in [-0.2, -0.15) is 0 Å². The third kappa shape index (κ3) is 2.86. The van der Waals surface area contributed by atoms with Crippen LogP contribution in [0.25, 0.3) is 5.69 Å². The topological polar surface area (TPSA) is 73.4 Å². The van der Waals surface area contributed by atoms with E-state index in [1.54, 1.807) is 32.0 Å². The normalized spacial score (nSPS) is 24.5. The molecule has 144 valence electrons. The maximum absolute atomic E-state index is 13.2. The number of hydrogen-bond acceptors (Lipinski definition) is 5. The van der Waals surface area contributed by atoms with Gasteiger partial charge in [0.2, 0.25) is 0 Å². The quantitative estimate of drug-likeness (QED) is 0.844. The van der Waals surface area contributed by atoms with Gasteiger partial charge in [-0.3, -0.25) is 9.36 Å². The monoisotopic (exact) mass is 408 g/mol. The van der Waals surface area contributed by atoms with E-state index in [-0.39, 0.29) is 11.0 Å². The number of fused-ring (bicyclic) bond motifs is 1. The van der Waals surface area contributed by atoms with Crippen LogP contribution < -0.4 is 16.2 Å². The molecule has 2 saturated heterocycles. The molecule has 27 heavy (non-hydrogen) atoms. The van der Waals surface area contributed by atoms with Gasteiger partial charge >= 0.3 is 0 Å². The van der Waals surface area contributed by atoms with Crippen LogP contribution in [-0.4, -0.2) is 42.4 Å². The third-order valence-electron chi connectivity index (χ3n) is 5.85. The van der Waals surface area contributed by atoms with Crippen molar-refractivity contribution in [1.82, 2.24) is 9.55 Å². The number of nitrogens with zero attached hydrogens (tertiary/aromatic N) is 3. The molecule has 4 rings (SSSR count). The molecule has 0 saturated carbocycles. The smallest absolute Gasteiger partial charge is 0.263 e. The van der Waals surface area contributed by atoms with Crippen LogP contribution in [0.3, 0.4) is 0 Å². The second-order valence-corrected chi connectivity index (χ2v) is 8.27. The minimum atomic E-state index is -0.142. The van der Waals surface area contributed by atoms with Crippen molar-refractivity contribution in [3.63, 3.8) is 0 Å². The Bertz CT molecular complexity index is 961. The van der Waals surface area contributed by atoms with E-state index >= 15 is 0 Å². The first kappa shape index (κ1) is 18.7. The molecule has 0 bridgehead atoms. The van der Waals surface area contributed by atoms with Crippen LogP contribution in [0.4, 0.5) is 5.82 Å². The fourth-order valence-corrected chi connectivity index (χ4v) is 4.62. The summed E-state index contributed by atoms with van der Waals surface area (Å²) in [6, 6.07) is 5.23. The van der Waals surface area contributed by atoms with Gasteiger partial charge in [-0.25, -0.2) is 4.98 Å². The number of nitrogens with two attached hydrogens (primary N) is 1. The summed E-state index contributed by atoms with van der Waals surface area (Å²) in [5, 5.41) is 0.743. The first-order valence-corrected chi connectivity index (χ1v) is 9.71. The predicted molar refractivity (Wildman–Crippen MR) is 107 cm³/mol. The van der Waals surface area contributed by atoms with Crippen molar-refractivity contribution in [2.45, 2.75) is 13.8 Å². The molecule has 0 unspecified atom stereocenters. The molecule has 1 aromatic heterocycles. The van der Waals surface area contributed by atoms with Gasteiger partial charge < -0.3 is 15.4 Å². The van der Waals surface area contributed by atoms with Crippen molar-refractivity contribution in [2.24, 2.45) is 17.1 Å². The molecule has 0 radical (unpaired) electrons. The van der Waals surface area contributed by atoms with E-state index in [1.165, 1.54) is 4.57 Å². The molecule has 2 atom stereocenters. The molecule has 0 spiro atoms. The Kier molecular flexibility index (Phi) is 4.71. The SMILES string of the molecule is Cc1c(N2C[C@H]3COC[C@@]3(CN)C2)nc(C)n(-c2cccc(Cl)c2Cl)c1=O. The van der Waals surface area contributed by atoms with Crippen molar-refractivity contribution in [3.8, 4) is 5.69 Å². The van der Waals surface area contributed by atoms with Crippen LogP contribution in [0.15, 0.2) is 23.0 Å². The predicted octanol–water partition coefficient (Wildman–Crippen LogP) is 2.57. The zero-order valence-corrected chi connectivity index (χ0v) is 16.8. The van der Waals surface area contributed by atoms with Gasteiger partial charge in [0.25, 0.3) is 5.56 Å². The molecule has 2 aliphatic heterocycles. The summed E-state index contributed by atoms with van der Waals surface area (Å²) in [5.41, 5.74) is 7.00. The Morgan fingerprint density at radius 1 is 1.37 bits per heavy atom. The van der Waals surface area contributed by atoms with Gasteiger partial charge in [0.1, 0.15) is 11.6 Å². The summed E-state index contributed by atoms with van der Waals surface area (Å²) in [5.74, 6) is 1.66. The fraction of sp³-hybridized carbons (Fsp3) is 0.474. The van der Waals surface area contributed by atoms with Gasteiger partial charge in [0.05, 0.1) is 34.5 Å². The number of rotatable bonds is 3. The van der Waals surface area contributed by atoms with Gasteiger partial charge in [-0.05, 0) is 26.0 Å². The van der Waals surface area contributed by atoms with Crippen LogP contribution in [0, 0.1) is 25.2 Å². The molecular formula is C19H22Cl2N4O2. The molecule has 0 aliphatic carbocycles. The molecule has 2 fully saturated rings. The average molecular weight is 409 g/mol. The molecule has 1 aromatic carbocycles. The molecule has 2 N–H and O–H groups in total. The minimum Gasteiger partial charge on any atom is -0.380 e. The van der Waals surface area contributed by atoms with Gasteiger partial charge in [-0.15, -0.1) is 0 Å². The van der Waals surface area contributed by atoms with E-state index in [9.17, 15) is 4.79 Å². The van der Waals surface area contributed by atoms with Gasteiger partial charge in [-0.1, -0.05) is 29.3 Å². The lowest BCUT2D eigenvalue weighted by Gasteiger charge is -2.26. The second-order valence-electron chi connectivity index (χ2n) is 7.48. The minimum absolute atomic E-state index is 0.0485. The lowest BCUT2D eigenvalue weighted by Crippen LogP contribution is -2.39. The summed E-state index contributed by atoms with van der Waals surface area (Å²) in [4.78, 5) is 20.1. The number of aryl methyl sites for hydroxylation is 1. The first-order valence-electron chi connectivity index (χ1n) is 8.95. The molecule has 3 heterocycles. The summed E-state index contributed by atoms with van der Waals surface area (Å²) in [6.45, 7) is 7.11. The van der Waals surface area contributed by atoms with Crippen molar-refractivity contribution >= 4 is 29.0 Å². The van der Waals surface area contributed by atoms with Crippen LogP contribution in [0.5, 0.6) is 0 Å². The summed E-state index contributed by atoms with van der Waals surface area (Å²) in [7, 11) is 0. The van der Waals surface area contributed by atoms with Crippen molar-refractivity contribution < 1.29 is 4.74 Å². The van der Waals surface area contributed by atoms with E-state index in [4.69, 9.17) is 38.7 Å². The average Bonchev–Trinajstić information content (AvgIpc) is 3.19. The number of aromatic nitrogens is 2. The van der Waals surface area contributed by atoms with Gasteiger partial charge in [0.15, 0.2) is 0 Å². The summed E-state index contributed by atoms with van der Waals surface area (Å²) in [6.07, 6.45) is 0. The van der Waals surface area contributed by atoms with Crippen LogP contribution >= 0.6 is 23.2 Å². The van der Waals surface area contributed by atoms with Crippen LogP contribution in [0.1, 0.15) is 11.4 Å². The highest BCUT2D eigenvalue weighted by molar-refractivity contribution is 6.43. The van der Waals surface area contributed by atoms with Crippen LogP contribution in [-0.2, 0) is 4.74 Å².